The molecule has 0 fully saturated rings. The van der Waals surface area contributed by atoms with Gasteiger partial charge >= 0.3 is 12.1 Å². The highest BCUT2D eigenvalue weighted by Crippen LogP contribution is 2.18. The van der Waals surface area contributed by atoms with Crippen LogP contribution in [0.5, 0.6) is 5.75 Å². The van der Waals surface area contributed by atoms with E-state index in [1.165, 1.54) is 24.3 Å². The molecule has 0 aromatic heterocycles. The molecule has 2 rings (SSSR count). The van der Waals surface area contributed by atoms with Crippen molar-refractivity contribution in [2.75, 3.05) is 5.43 Å². The van der Waals surface area contributed by atoms with Crippen LogP contribution in [0.3, 0.4) is 0 Å². The lowest BCUT2D eigenvalue weighted by molar-refractivity contribution is -0.384. The van der Waals surface area contributed by atoms with E-state index >= 15 is 0 Å². The minimum Gasteiger partial charge on any atom is -0.454 e. The highest BCUT2D eigenvalue weighted by molar-refractivity contribution is 6.35. The monoisotopic (exact) mass is 501 g/mol. The molecule has 2 aromatic rings. The van der Waals surface area contributed by atoms with E-state index in [1.54, 1.807) is 45.0 Å². The van der Waals surface area contributed by atoms with Gasteiger partial charge in [-0.05, 0) is 62.9 Å². The third kappa shape index (κ3) is 9.71. The minimum absolute atomic E-state index is 0.0629. The largest absolute Gasteiger partial charge is 0.514 e. The second-order valence-corrected chi connectivity index (χ2v) is 9.41. The van der Waals surface area contributed by atoms with Crippen LogP contribution in [0.15, 0.2) is 48.5 Å². The second-order valence-electron chi connectivity index (χ2n) is 9.41. The van der Waals surface area contributed by atoms with Crippen molar-refractivity contribution in [1.29, 1.82) is 0 Å². The zero-order chi connectivity index (χ0) is 26.9. The van der Waals surface area contributed by atoms with Crippen LogP contribution < -0.4 is 15.6 Å². The molecule has 0 spiro atoms. The molecule has 11 heteroatoms. The summed E-state index contributed by atoms with van der Waals surface area (Å²) < 4.78 is 15.2. The van der Waals surface area contributed by atoms with Gasteiger partial charge in [0.05, 0.1) is 11.0 Å². The lowest BCUT2D eigenvalue weighted by Crippen LogP contribution is -2.46. The number of benzene rings is 2. The van der Waals surface area contributed by atoms with Crippen molar-refractivity contribution in [3.05, 3.63) is 64.2 Å². The van der Waals surface area contributed by atoms with Crippen LogP contribution in [-0.4, -0.2) is 34.5 Å². The zero-order valence-electron chi connectivity index (χ0n) is 20.9. The van der Waals surface area contributed by atoms with E-state index < -0.39 is 34.5 Å². The number of hydrazine groups is 1. The number of nitrogens with zero attached hydrogens (tertiary/aromatic N) is 1. The Bertz CT molecular complexity index is 1060. The van der Waals surface area contributed by atoms with E-state index in [2.05, 4.69) is 10.9 Å². The van der Waals surface area contributed by atoms with E-state index in [-0.39, 0.29) is 24.0 Å². The first-order chi connectivity index (χ1) is 16.8. The molecule has 0 amide bonds. The number of nitro benzene ring substituents is 1. The number of non-ortho nitro benzene ring substituents is 1. The van der Waals surface area contributed by atoms with Gasteiger partial charge in [-0.2, -0.15) is 0 Å². The maximum atomic E-state index is 12.6. The number of rotatable bonds is 11. The summed E-state index contributed by atoms with van der Waals surface area (Å²) in [5, 5.41) is 10.7. The van der Waals surface area contributed by atoms with Gasteiger partial charge in [0.25, 0.3) is 11.5 Å². The third-order valence-corrected chi connectivity index (χ3v) is 4.57. The Labute approximate surface area is 209 Å². The molecule has 0 unspecified atom stereocenters. The van der Waals surface area contributed by atoms with Gasteiger partial charge in [0.1, 0.15) is 18.0 Å². The number of Topliss-reactive ketones (excluding diaryl/α,β-unsaturated/α-hetero) is 1. The van der Waals surface area contributed by atoms with Crippen molar-refractivity contribution in [1.82, 2.24) is 5.43 Å². The predicted molar refractivity (Wildman–Crippen MR) is 131 cm³/mol. The van der Waals surface area contributed by atoms with Crippen molar-refractivity contribution in [3.8, 4) is 5.75 Å². The SMILES string of the molecule is CC(C)C[C@H](NNc1ccc(COC(=O)Oc2ccc([N+](=O)[O-])cc2)cc1)C(=O)C(=O)OC(C)(C)C. The number of hydrogen-bond acceptors (Lipinski definition) is 10. The first-order valence-electron chi connectivity index (χ1n) is 11.3. The van der Waals surface area contributed by atoms with Crippen LogP contribution in [0.4, 0.5) is 16.2 Å². The Balaban J connectivity index is 1.87. The van der Waals surface area contributed by atoms with E-state index in [4.69, 9.17) is 14.2 Å². The maximum Gasteiger partial charge on any atom is 0.514 e. The van der Waals surface area contributed by atoms with Gasteiger partial charge in [0.2, 0.25) is 0 Å². The molecule has 0 saturated carbocycles. The number of carbonyl (C=O) groups is 3. The fourth-order valence-electron chi connectivity index (χ4n) is 2.93. The fraction of sp³-hybridized carbons (Fsp3) is 0.400. The number of anilines is 1. The number of ether oxygens (including phenoxy) is 3. The molecular weight excluding hydrogens is 470 g/mol. The minimum atomic E-state index is -0.954. The normalized spacial score (nSPS) is 11.9. The molecule has 2 N–H and O–H groups in total. The number of nitro groups is 1. The van der Waals surface area contributed by atoms with Gasteiger partial charge in [0.15, 0.2) is 0 Å². The molecule has 1 atom stereocenters. The van der Waals surface area contributed by atoms with Crippen LogP contribution >= 0.6 is 0 Å². The van der Waals surface area contributed by atoms with E-state index in [9.17, 15) is 24.5 Å². The zero-order valence-corrected chi connectivity index (χ0v) is 20.9. The fourth-order valence-corrected chi connectivity index (χ4v) is 2.93. The van der Waals surface area contributed by atoms with Crippen molar-refractivity contribution in [3.63, 3.8) is 0 Å². The van der Waals surface area contributed by atoms with Gasteiger partial charge in [-0.15, -0.1) is 0 Å². The van der Waals surface area contributed by atoms with Gasteiger partial charge in [-0.3, -0.25) is 14.9 Å². The maximum absolute atomic E-state index is 12.6. The number of esters is 1. The van der Waals surface area contributed by atoms with Crippen molar-refractivity contribution in [2.24, 2.45) is 5.92 Å². The number of carbonyl (C=O) groups excluding carboxylic acids is 3. The second kappa shape index (κ2) is 12.6. The lowest BCUT2D eigenvalue weighted by Gasteiger charge is -2.23. The molecule has 0 bridgehead atoms. The molecular formula is C25H31N3O8. The van der Waals surface area contributed by atoms with Crippen LogP contribution in [0.2, 0.25) is 0 Å². The van der Waals surface area contributed by atoms with Crippen LogP contribution in [-0.2, 0) is 25.7 Å². The third-order valence-electron chi connectivity index (χ3n) is 4.57. The molecule has 0 saturated heterocycles. The summed E-state index contributed by atoms with van der Waals surface area (Å²) in [5.41, 5.74) is 6.22. The summed E-state index contributed by atoms with van der Waals surface area (Å²) >= 11 is 0. The van der Waals surface area contributed by atoms with E-state index in [1.807, 2.05) is 13.8 Å². The van der Waals surface area contributed by atoms with Gasteiger partial charge in [-0.25, -0.2) is 15.0 Å². The number of nitrogens with one attached hydrogen (secondary N) is 2. The summed E-state index contributed by atoms with van der Waals surface area (Å²) in [5.74, 6) is -1.28. The van der Waals surface area contributed by atoms with Crippen LogP contribution in [0.25, 0.3) is 0 Å². The molecule has 194 valence electrons. The molecule has 0 heterocycles. The Kier molecular flexibility index (Phi) is 9.92. The van der Waals surface area contributed by atoms with E-state index in [0.717, 1.165) is 0 Å². The summed E-state index contributed by atoms with van der Waals surface area (Å²) in [6.45, 7) is 8.91. The average Bonchev–Trinajstić information content (AvgIpc) is 2.79. The standard InChI is InChI=1S/C25H31N3O8/c1-16(2)14-21(22(29)23(30)36-25(3,4)5)27-26-18-8-6-17(7-9-18)15-34-24(31)35-20-12-10-19(11-13-20)28(32)33/h6-13,16,21,26-27H,14-15H2,1-5H3/t21-/m0/s1. The van der Waals surface area contributed by atoms with Gasteiger partial charge < -0.3 is 19.6 Å². The van der Waals surface area contributed by atoms with Crippen LogP contribution in [0, 0.1) is 16.0 Å². The molecule has 0 aliphatic rings. The summed E-state index contributed by atoms with van der Waals surface area (Å²) in [7, 11) is 0. The Morgan fingerprint density at radius 1 is 1.00 bits per heavy atom. The molecule has 0 radical (unpaired) electrons. The van der Waals surface area contributed by atoms with Gasteiger partial charge in [0, 0.05) is 17.8 Å². The lowest BCUT2D eigenvalue weighted by atomic mass is 10.0. The first-order valence-corrected chi connectivity index (χ1v) is 11.3. The van der Waals surface area contributed by atoms with Gasteiger partial charge in [-0.1, -0.05) is 26.0 Å². The Hall–Kier alpha value is -3.99. The summed E-state index contributed by atoms with van der Waals surface area (Å²) in [4.78, 5) is 46.8. The topological polar surface area (TPSA) is 146 Å². The Morgan fingerprint density at radius 2 is 1.61 bits per heavy atom. The van der Waals surface area contributed by atoms with Crippen LogP contribution in [0.1, 0.15) is 46.6 Å². The number of hydrogen-bond donors (Lipinski definition) is 2. The molecule has 0 aliphatic carbocycles. The smallest absolute Gasteiger partial charge is 0.454 e. The summed E-state index contributed by atoms with van der Waals surface area (Å²) in [6, 6.07) is 11.1. The molecule has 11 nitrogen and oxygen atoms in total. The average molecular weight is 502 g/mol. The molecule has 36 heavy (non-hydrogen) atoms. The van der Waals surface area contributed by atoms with Crippen molar-refractivity contribution >= 4 is 29.3 Å². The highest BCUT2D eigenvalue weighted by Gasteiger charge is 2.30. The number of ketones is 1. The van der Waals surface area contributed by atoms with E-state index in [0.29, 0.717) is 17.7 Å². The van der Waals surface area contributed by atoms with Crippen molar-refractivity contribution < 1.29 is 33.5 Å². The Morgan fingerprint density at radius 3 is 2.14 bits per heavy atom. The first kappa shape index (κ1) is 28.2. The summed E-state index contributed by atoms with van der Waals surface area (Å²) in [6.07, 6.45) is -0.529. The highest BCUT2D eigenvalue weighted by atomic mass is 16.7. The predicted octanol–water partition coefficient (Wildman–Crippen LogP) is 4.55. The molecule has 2 aromatic carbocycles. The van der Waals surface area contributed by atoms with Crippen molar-refractivity contribution in [2.45, 2.75) is 59.3 Å². The molecule has 0 aliphatic heterocycles. The quantitative estimate of drug-likeness (QED) is 0.148.